The van der Waals surface area contributed by atoms with E-state index in [0.29, 0.717) is 0 Å². The fourth-order valence-corrected chi connectivity index (χ4v) is 5.25. The van der Waals surface area contributed by atoms with Gasteiger partial charge in [0.15, 0.2) is 30.1 Å². The van der Waals surface area contributed by atoms with E-state index in [4.69, 9.17) is 33.2 Å². The predicted octanol–water partition coefficient (Wildman–Crippen LogP) is 2.58. The summed E-state index contributed by atoms with van der Waals surface area (Å²) in [5, 5.41) is 5.10. The lowest BCUT2D eigenvalue weighted by molar-refractivity contribution is -0.235. The molecular weight excluding hydrogens is 560 g/mol. The second-order valence-corrected chi connectivity index (χ2v) is 11.6. The van der Waals surface area contributed by atoms with Crippen LogP contribution in [0.1, 0.15) is 38.8 Å². The summed E-state index contributed by atoms with van der Waals surface area (Å²) in [6.45, 7) is 6.95. The van der Waals surface area contributed by atoms with Crippen molar-refractivity contribution in [3.05, 3.63) is 71.8 Å². The van der Waals surface area contributed by atoms with Gasteiger partial charge in [-0.25, -0.2) is 9.59 Å². The first-order valence-corrected chi connectivity index (χ1v) is 14.3. The molecule has 2 aromatic carbocycles. The van der Waals surface area contributed by atoms with E-state index in [1.54, 1.807) is 27.7 Å². The fraction of sp³-hybridized carbons (Fsp3) is 0.516. The van der Waals surface area contributed by atoms with E-state index in [-0.39, 0.29) is 19.6 Å². The first-order chi connectivity index (χ1) is 20.5. The van der Waals surface area contributed by atoms with Crippen LogP contribution in [-0.4, -0.2) is 79.4 Å². The van der Waals surface area contributed by atoms with Gasteiger partial charge in [0.05, 0.1) is 6.61 Å². The van der Waals surface area contributed by atoms with E-state index >= 15 is 0 Å². The van der Waals surface area contributed by atoms with Gasteiger partial charge in [0, 0.05) is 6.42 Å². The molecule has 12 nitrogen and oxygen atoms in total. The molecule has 0 radical (unpaired) electrons. The zero-order chi connectivity index (χ0) is 30.6. The Bertz CT molecular complexity index is 1270. The number of fused-ring (bicyclic) bond motifs is 1. The Labute approximate surface area is 250 Å². The third kappa shape index (κ3) is 8.09. The molecule has 5 unspecified atom stereocenters. The number of hydrogen-bond donors (Lipinski definition) is 2. The summed E-state index contributed by atoms with van der Waals surface area (Å²) in [5.41, 5.74) is 1.61. The minimum atomic E-state index is -1.08. The van der Waals surface area contributed by atoms with Crippen LogP contribution in [0.5, 0.6) is 0 Å². The van der Waals surface area contributed by atoms with E-state index < -0.39 is 72.8 Å². The smallest absolute Gasteiger partial charge is 0.407 e. The lowest BCUT2D eigenvalue weighted by Gasteiger charge is -2.30. The van der Waals surface area contributed by atoms with Gasteiger partial charge < -0.3 is 43.8 Å². The van der Waals surface area contributed by atoms with Gasteiger partial charge >= 0.3 is 12.1 Å². The molecular formula is C31H38N2O10. The van der Waals surface area contributed by atoms with Crippen LogP contribution in [0.2, 0.25) is 0 Å². The number of alkyl carbamates (subject to hydrolysis) is 1. The molecule has 3 aliphatic heterocycles. The van der Waals surface area contributed by atoms with Gasteiger partial charge in [-0.3, -0.25) is 4.79 Å². The van der Waals surface area contributed by atoms with Gasteiger partial charge in [0.2, 0.25) is 5.91 Å². The average molecular weight is 599 g/mol. The Morgan fingerprint density at radius 2 is 1.56 bits per heavy atom. The summed E-state index contributed by atoms with van der Waals surface area (Å²) < 4.78 is 41.0. The van der Waals surface area contributed by atoms with Crippen molar-refractivity contribution in [3.8, 4) is 0 Å². The summed E-state index contributed by atoms with van der Waals surface area (Å²) in [7, 11) is 0. The number of ether oxygens (including phenoxy) is 7. The number of nitrogens with one attached hydrogen (secondary N) is 2. The molecule has 0 aliphatic carbocycles. The molecule has 3 heterocycles. The van der Waals surface area contributed by atoms with Crippen molar-refractivity contribution in [2.45, 2.75) is 89.0 Å². The van der Waals surface area contributed by atoms with Gasteiger partial charge in [-0.15, -0.1) is 0 Å². The van der Waals surface area contributed by atoms with Crippen molar-refractivity contribution in [1.82, 2.24) is 10.6 Å². The van der Waals surface area contributed by atoms with Gasteiger partial charge in [-0.1, -0.05) is 60.7 Å². The van der Waals surface area contributed by atoms with Crippen LogP contribution in [0, 0.1) is 0 Å². The van der Waals surface area contributed by atoms with Crippen LogP contribution in [0.25, 0.3) is 0 Å². The standard InChI is InChI=1S/C31H38N2O10/c1-30(2)38-18-22(41-30)24-25(26-28(40-24)43-31(3,4)42-26)39-27(35)21(15-19-11-7-5-8-12-19)33-23(34)16-32-29(36)37-17-20-13-9-6-10-14-20/h5-14,21-22,24-26,28H,15-18H2,1-4H3,(H,32,36)(H,33,34)/t21?,22-,24?,25?,26?,28?/m0/s1. The Kier molecular flexibility index (Phi) is 9.33. The zero-order valence-corrected chi connectivity index (χ0v) is 24.6. The summed E-state index contributed by atoms with van der Waals surface area (Å²) in [4.78, 5) is 38.7. The molecule has 5 rings (SSSR count). The third-order valence-electron chi connectivity index (χ3n) is 7.18. The molecule has 0 bridgehead atoms. The number of benzene rings is 2. The summed E-state index contributed by atoms with van der Waals surface area (Å²) in [6, 6.07) is 17.3. The maximum absolute atomic E-state index is 13.7. The van der Waals surface area contributed by atoms with E-state index in [2.05, 4.69) is 10.6 Å². The molecule has 0 aromatic heterocycles. The van der Waals surface area contributed by atoms with Gasteiger partial charge in [0.1, 0.15) is 31.4 Å². The summed E-state index contributed by atoms with van der Waals surface area (Å²) >= 11 is 0. The number of carbonyl (C=O) groups is 3. The lowest BCUT2D eigenvalue weighted by Crippen LogP contribution is -2.51. The monoisotopic (exact) mass is 598 g/mol. The maximum Gasteiger partial charge on any atom is 0.407 e. The van der Waals surface area contributed by atoms with E-state index in [0.717, 1.165) is 11.1 Å². The Balaban J connectivity index is 1.24. The van der Waals surface area contributed by atoms with Crippen molar-refractivity contribution in [1.29, 1.82) is 0 Å². The maximum atomic E-state index is 13.7. The molecule has 232 valence electrons. The molecule has 6 atom stereocenters. The van der Waals surface area contributed by atoms with Crippen LogP contribution < -0.4 is 10.6 Å². The number of amides is 2. The normalized spacial score (nSPS) is 27.6. The molecule has 2 aromatic rings. The van der Waals surface area contributed by atoms with Crippen molar-refractivity contribution in [2.24, 2.45) is 0 Å². The highest BCUT2D eigenvalue weighted by molar-refractivity contribution is 5.87. The lowest BCUT2D eigenvalue weighted by atomic mass is 10.0. The topological polar surface area (TPSA) is 140 Å². The Morgan fingerprint density at radius 1 is 0.884 bits per heavy atom. The minimum absolute atomic E-state index is 0.0551. The first kappa shape index (κ1) is 30.9. The number of carbonyl (C=O) groups excluding carboxylic acids is 3. The Hall–Kier alpha value is -3.55. The second-order valence-electron chi connectivity index (χ2n) is 11.6. The fourth-order valence-electron chi connectivity index (χ4n) is 5.25. The molecule has 2 amide bonds. The van der Waals surface area contributed by atoms with Crippen molar-refractivity contribution >= 4 is 18.0 Å². The van der Waals surface area contributed by atoms with Gasteiger partial charge in [-0.05, 0) is 38.8 Å². The predicted molar refractivity (Wildman–Crippen MR) is 150 cm³/mol. The number of hydrogen-bond acceptors (Lipinski definition) is 10. The van der Waals surface area contributed by atoms with Crippen molar-refractivity contribution in [2.75, 3.05) is 13.2 Å². The number of esters is 1. The quantitative estimate of drug-likeness (QED) is 0.392. The third-order valence-corrected chi connectivity index (χ3v) is 7.18. The summed E-state index contributed by atoms with van der Waals surface area (Å²) in [6.07, 6.45) is -4.28. The molecule has 43 heavy (non-hydrogen) atoms. The first-order valence-electron chi connectivity index (χ1n) is 14.3. The average Bonchev–Trinajstić information content (AvgIpc) is 3.60. The van der Waals surface area contributed by atoms with Crippen LogP contribution >= 0.6 is 0 Å². The molecule has 0 saturated carbocycles. The van der Waals surface area contributed by atoms with E-state index in [1.807, 2.05) is 60.7 Å². The van der Waals surface area contributed by atoms with Gasteiger partial charge in [0.25, 0.3) is 0 Å². The van der Waals surface area contributed by atoms with E-state index in [9.17, 15) is 14.4 Å². The van der Waals surface area contributed by atoms with Crippen LogP contribution in [-0.2, 0) is 55.8 Å². The second kappa shape index (κ2) is 13.0. The Morgan fingerprint density at radius 3 is 2.21 bits per heavy atom. The van der Waals surface area contributed by atoms with Crippen LogP contribution in [0.3, 0.4) is 0 Å². The highest BCUT2D eigenvalue weighted by Gasteiger charge is 2.60. The highest BCUT2D eigenvalue weighted by atomic mass is 16.8. The molecule has 3 aliphatic rings. The molecule has 2 N–H and O–H groups in total. The minimum Gasteiger partial charge on any atom is -0.455 e. The SMILES string of the molecule is CC1(C)OC2OC([C@@H]3COC(C)(C)O3)C(OC(=O)C(Cc3ccccc3)NC(=O)CNC(=O)OCc3ccccc3)C2O1. The van der Waals surface area contributed by atoms with E-state index in [1.165, 1.54) is 0 Å². The van der Waals surface area contributed by atoms with Crippen LogP contribution in [0.4, 0.5) is 4.79 Å². The van der Waals surface area contributed by atoms with Crippen LogP contribution in [0.15, 0.2) is 60.7 Å². The molecule has 12 heteroatoms. The zero-order valence-electron chi connectivity index (χ0n) is 24.6. The van der Waals surface area contributed by atoms with Crippen molar-refractivity contribution in [3.63, 3.8) is 0 Å². The molecule has 3 fully saturated rings. The van der Waals surface area contributed by atoms with Gasteiger partial charge in [-0.2, -0.15) is 0 Å². The number of rotatable bonds is 10. The highest BCUT2D eigenvalue weighted by Crippen LogP contribution is 2.42. The molecule has 3 saturated heterocycles. The van der Waals surface area contributed by atoms with Crippen molar-refractivity contribution < 1.29 is 47.5 Å². The molecule has 0 spiro atoms. The largest absolute Gasteiger partial charge is 0.455 e. The summed E-state index contributed by atoms with van der Waals surface area (Å²) in [5.74, 6) is -3.08.